The van der Waals surface area contributed by atoms with Gasteiger partial charge < -0.3 is 9.84 Å². The van der Waals surface area contributed by atoms with Crippen molar-refractivity contribution in [2.24, 2.45) is 0 Å². The second-order valence-electron chi connectivity index (χ2n) is 4.07. The molecular weight excluding hydrogens is 194 g/mol. The van der Waals surface area contributed by atoms with Crippen molar-refractivity contribution in [3.63, 3.8) is 0 Å². The van der Waals surface area contributed by atoms with E-state index in [1.54, 1.807) is 0 Å². The van der Waals surface area contributed by atoms with Crippen LogP contribution in [0.25, 0.3) is 0 Å². The lowest BCUT2D eigenvalue weighted by atomic mass is 10.1. The van der Waals surface area contributed by atoms with Crippen molar-refractivity contribution in [2.75, 3.05) is 26.3 Å². The van der Waals surface area contributed by atoms with Gasteiger partial charge in [0.2, 0.25) is 0 Å². The number of rotatable bonds is 6. The molecule has 15 heavy (non-hydrogen) atoms. The molecule has 4 nitrogen and oxygen atoms in total. The maximum absolute atomic E-state index is 10.7. The Morgan fingerprint density at radius 1 is 1.53 bits per heavy atom. The smallest absolute Gasteiger partial charge is 0.305 e. The highest BCUT2D eigenvalue weighted by Crippen LogP contribution is 2.12. The number of carboxylic acid groups (broad SMARTS) is 1. The molecule has 0 saturated carbocycles. The molecule has 0 aromatic rings. The van der Waals surface area contributed by atoms with Crippen LogP contribution in [0, 0.1) is 0 Å². The fourth-order valence-corrected chi connectivity index (χ4v) is 1.94. The van der Waals surface area contributed by atoms with Crippen molar-refractivity contribution in [2.45, 2.75) is 38.6 Å². The normalized spacial score (nSPS) is 22.9. The summed E-state index contributed by atoms with van der Waals surface area (Å²) in [6, 6.07) is 0.0770. The molecule has 4 heteroatoms. The zero-order valence-corrected chi connectivity index (χ0v) is 9.45. The van der Waals surface area contributed by atoms with Gasteiger partial charge in [0.25, 0.3) is 0 Å². The highest BCUT2D eigenvalue weighted by molar-refractivity contribution is 5.67. The van der Waals surface area contributed by atoms with Gasteiger partial charge >= 0.3 is 5.97 Å². The second-order valence-corrected chi connectivity index (χ2v) is 4.07. The molecule has 0 spiro atoms. The van der Waals surface area contributed by atoms with E-state index in [0.717, 1.165) is 26.1 Å². The van der Waals surface area contributed by atoms with Gasteiger partial charge in [0.05, 0.1) is 19.6 Å². The number of nitrogens with zero attached hydrogens (tertiary/aromatic N) is 1. The van der Waals surface area contributed by atoms with E-state index in [9.17, 15) is 4.79 Å². The van der Waals surface area contributed by atoms with Crippen LogP contribution in [-0.2, 0) is 9.53 Å². The van der Waals surface area contributed by atoms with Crippen molar-refractivity contribution in [1.29, 1.82) is 0 Å². The van der Waals surface area contributed by atoms with E-state index in [-0.39, 0.29) is 12.5 Å². The third kappa shape index (κ3) is 4.62. The Kier molecular flexibility index (Phi) is 5.65. The van der Waals surface area contributed by atoms with Gasteiger partial charge in [-0.15, -0.1) is 0 Å². The molecule has 1 rings (SSSR count). The number of unbranched alkanes of at least 4 members (excludes halogenated alkanes) is 2. The third-order valence-electron chi connectivity index (χ3n) is 2.81. The van der Waals surface area contributed by atoms with Crippen LogP contribution in [0.5, 0.6) is 0 Å². The summed E-state index contributed by atoms with van der Waals surface area (Å²) < 4.78 is 5.31. The fraction of sp³-hybridized carbons (Fsp3) is 0.909. The maximum Gasteiger partial charge on any atom is 0.305 e. The first-order valence-electron chi connectivity index (χ1n) is 5.77. The van der Waals surface area contributed by atoms with Crippen LogP contribution in [0.3, 0.4) is 0 Å². The molecule has 0 radical (unpaired) electrons. The highest BCUT2D eigenvalue weighted by atomic mass is 16.5. The van der Waals surface area contributed by atoms with Crippen molar-refractivity contribution >= 4 is 5.97 Å². The minimum Gasteiger partial charge on any atom is -0.481 e. The third-order valence-corrected chi connectivity index (χ3v) is 2.81. The lowest BCUT2D eigenvalue weighted by Crippen LogP contribution is -2.46. The summed E-state index contributed by atoms with van der Waals surface area (Å²) in [5, 5.41) is 8.77. The van der Waals surface area contributed by atoms with E-state index in [2.05, 4.69) is 11.8 Å². The lowest BCUT2D eigenvalue weighted by Gasteiger charge is -2.34. The van der Waals surface area contributed by atoms with E-state index in [0.29, 0.717) is 6.61 Å². The highest BCUT2D eigenvalue weighted by Gasteiger charge is 2.24. The van der Waals surface area contributed by atoms with Gasteiger partial charge in [-0.2, -0.15) is 0 Å². The van der Waals surface area contributed by atoms with Crippen LogP contribution in [-0.4, -0.2) is 48.3 Å². The summed E-state index contributed by atoms with van der Waals surface area (Å²) in [6.45, 7) is 5.37. The summed E-state index contributed by atoms with van der Waals surface area (Å²) in [7, 11) is 0. The molecule has 1 aliphatic rings. The Balaban J connectivity index is 2.32. The molecule has 1 heterocycles. The number of aliphatic carboxylic acids is 1. The first kappa shape index (κ1) is 12.5. The zero-order valence-electron chi connectivity index (χ0n) is 9.45. The molecule has 1 unspecified atom stereocenters. The molecule has 0 aliphatic carbocycles. The van der Waals surface area contributed by atoms with Gasteiger partial charge in [-0.1, -0.05) is 19.8 Å². The number of hydrogen-bond donors (Lipinski definition) is 1. The summed E-state index contributed by atoms with van der Waals surface area (Å²) in [5.41, 5.74) is 0. The van der Waals surface area contributed by atoms with Crippen LogP contribution in [0.2, 0.25) is 0 Å². The first-order valence-corrected chi connectivity index (χ1v) is 5.77. The Hall–Kier alpha value is -0.610. The van der Waals surface area contributed by atoms with E-state index in [4.69, 9.17) is 9.84 Å². The van der Waals surface area contributed by atoms with Crippen molar-refractivity contribution in [1.82, 2.24) is 4.90 Å². The average Bonchev–Trinajstić information content (AvgIpc) is 2.20. The first-order chi connectivity index (χ1) is 7.24. The van der Waals surface area contributed by atoms with E-state index < -0.39 is 5.97 Å². The molecule has 0 aromatic heterocycles. The number of carbonyl (C=O) groups is 1. The van der Waals surface area contributed by atoms with Gasteiger partial charge in [0.1, 0.15) is 0 Å². The molecule has 1 atom stereocenters. The van der Waals surface area contributed by atoms with Gasteiger partial charge in [0, 0.05) is 12.6 Å². The Morgan fingerprint density at radius 3 is 3.00 bits per heavy atom. The minimum absolute atomic E-state index is 0.0770. The minimum atomic E-state index is -0.731. The molecule has 0 bridgehead atoms. The second kappa shape index (κ2) is 6.80. The Labute approximate surface area is 91.2 Å². The summed E-state index contributed by atoms with van der Waals surface area (Å²) >= 11 is 0. The molecular formula is C11H21NO3. The molecule has 0 aromatic carbocycles. The van der Waals surface area contributed by atoms with Gasteiger partial charge in [-0.25, -0.2) is 0 Å². The zero-order chi connectivity index (χ0) is 11.1. The number of ether oxygens (including phenoxy) is 1. The van der Waals surface area contributed by atoms with Crippen LogP contribution in [0.1, 0.15) is 32.6 Å². The van der Waals surface area contributed by atoms with Crippen LogP contribution in [0.15, 0.2) is 0 Å². The van der Waals surface area contributed by atoms with Crippen molar-refractivity contribution in [3.05, 3.63) is 0 Å². The van der Waals surface area contributed by atoms with Crippen LogP contribution >= 0.6 is 0 Å². The van der Waals surface area contributed by atoms with Gasteiger partial charge in [-0.05, 0) is 13.0 Å². The standard InChI is InChI=1S/C11H21NO3/c1-2-3-4-5-12-6-7-15-9-10(12)8-11(13)14/h10H,2-9H2,1H3,(H,13,14). The summed E-state index contributed by atoms with van der Waals surface area (Å²) in [4.78, 5) is 12.9. The topological polar surface area (TPSA) is 49.8 Å². The monoisotopic (exact) mass is 215 g/mol. The molecule has 1 fully saturated rings. The SMILES string of the molecule is CCCCCN1CCOCC1CC(=O)O. The molecule has 0 amide bonds. The largest absolute Gasteiger partial charge is 0.481 e. The van der Waals surface area contributed by atoms with Crippen molar-refractivity contribution < 1.29 is 14.6 Å². The molecule has 1 saturated heterocycles. The van der Waals surface area contributed by atoms with Gasteiger partial charge in [0.15, 0.2) is 0 Å². The number of hydrogen-bond acceptors (Lipinski definition) is 3. The summed E-state index contributed by atoms with van der Waals surface area (Å²) in [6.07, 6.45) is 3.78. The predicted octanol–water partition coefficient (Wildman–Crippen LogP) is 1.35. The quantitative estimate of drug-likeness (QED) is 0.679. The average molecular weight is 215 g/mol. The summed E-state index contributed by atoms with van der Waals surface area (Å²) in [5.74, 6) is -0.731. The number of carboxylic acids is 1. The maximum atomic E-state index is 10.7. The number of morpholine rings is 1. The lowest BCUT2D eigenvalue weighted by molar-refractivity contribution is -0.140. The fourth-order valence-electron chi connectivity index (χ4n) is 1.94. The molecule has 88 valence electrons. The van der Waals surface area contributed by atoms with Crippen LogP contribution < -0.4 is 0 Å². The molecule has 1 N–H and O–H groups in total. The van der Waals surface area contributed by atoms with E-state index in [1.165, 1.54) is 12.8 Å². The van der Waals surface area contributed by atoms with E-state index >= 15 is 0 Å². The Bertz CT molecular complexity index is 196. The molecule has 1 aliphatic heterocycles. The Morgan fingerprint density at radius 2 is 2.33 bits per heavy atom. The predicted molar refractivity (Wildman–Crippen MR) is 58.0 cm³/mol. The van der Waals surface area contributed by atoms with Crippen molar-refractivity contribution in [3.8, 4) is 0 Å². The van der Waals surface area contributed by atoms with Gasteiger partial charge in [-0.3, -0.25) is 9.69 Å². The van der Waals surface area contributed by atoms with Crippen LogP contribution in [0.4, 0.5) is 0 Å². The van der Waals surface area contributed by atoms with E-state index in [1.807, 2.05) is 0 Å².